The molecule has 0 bridgehead atoms. The third-order valence-corrected chi connectivity index (χ3v) is 4.77. The zero-order chi connectivity index (χ0) is 16.9. The molecule has 126 valence electrons. The Labute approximate surface area is 142 Å². The molecule has 0 atom stereocenters. The molecule has 2 aromatic rings. The lowest BCUT2D eigenvalue weighted by atomic mass is 9.95. The lowest BCUT2D eigenvalue weighted by molar-refractivity contribution is 0.541. The molecule has 0 unspecified atom stereocenters. The van der Waals surface area contributed by atoms with Gasteiger partial charge in [0, 0.05) is 36.3 Å². The van der Waals surface area contributed by atoms with Gasteiger partial charge in [-0.05, 0) is 19.3 Å². The van der Waals surface area contributed by atoms with Crippen LogP contribution in [0.25, 0.3) is 0 Å². The minimum atomic E-state index is -0.0359. The fraction of sp³-hybridized carbons (Fsp3) is 0.556. The van der Waals surface area contributed by atoms with Crippen LogP contribution in [-0.4, -0.2) is 27.0 Å². The van der Waals surface area contributed by atoms with E-state index in [9.17, 15) is 0 Å². The highest BCUT2D eigenvalue weighted by molar-refractivity contribution is 5.53. The highest BCUT2D eigenvalue weighted by atomic mass is 15.3. The number of nitrogens with zero attached hydrogens (tertiary/aromatic N) is 5. The summed E-state index contributed by atoms with van der Waals surface area (Å²) in [6.07, 6.45) is 5.26. The average molecular weight is 324 g/mol. The molecule has 2 aromatic heterocycles. The summed E-state index contributed by atoms with van der Waals surface area (Å²) in [4.78, 5) is 21.1. The number of aromatic nitrogens is 4. The van der Waals surface area contributed by atoms with Crippen molar-refractivity contribution in [3.8, 4) is 0 Å². The maximum atomic E-state index is 4.82. The minimum Gasteiger partial charge on any atom is -0.373 e. The second-order valence-corrected chi connectivity index (χ2v) is 7.67. The lowest BCUT2D eigenvalue weighted by Crippen LogP contribution is -2.20. The monoisotopic (exact) mass is 324 g/mol. The molecule has 1 N–H and O–H groups in total. The van der Waals surface area contributed by atoms with Crippen LogP contribution in [0.3, 0.4) is 0 Å². The summed E-state index contributed by atoms with van der Waals surface area (Å²) < 4.78 is 0. The molecule has 2 aliphatic rings. The van der Waals surface area contributed by atoms with Gasteiger partial charge in [0.15, 0.2) is 0 Å². The number of rotatable bonds is 2. The molecule has 0 radical (unpaired) electrons. The number of anilines is 2. The van der Waals surface area contributed by atoms with Crippen molar-refractivity contribution in [2.45, 2.75) is 58.5 Å². The first-order valence-electron chi connectivity index (χ1n) is 8.63. The van der Waals surface area contributed by atoms with E-state index in [0.29, 0.717) is 0 Å². The van der Waals surface area contributed by atoms with E-state index in [0.717, 1.165) is 49.2 Å². The van der Waals surface area contributed by atoms with Crippen molar-refractivity contribution in [3.05, 3.63) is 34.5 Å². The molecule has 24 heavy (non-hydrogen) atoms. The van der Waals surface area contributed by atoms with Crippen molar-refractivity contribution >= 4 is 11.8 Å². The first kappa shape index (κ1) is 15.3. The van der Waals surface area contributed by atoms with Gasteiger partial charge in [-0.15, -0.1) is 0 Å². The molecule has 4 rings (SSSR count). The number of hydrogen-bond donors (Lipinski definition) is 1. The van der Waals surface area contributed by atoms with Crippen LogP contribution in [0, 0.1) is 0 Å². The van der Waals surface area contributed by atoms with Crippen molar-refractivity contribution in [1.29, 1.82) is 0 Å². The summed E-state index contributed by atoms with van der Waals surface area (Å²) in [5, 5.41) is 3.24. The number of nitrogens with one attached hydrogen (secondary N) is 1. The first-order valence-corrected chi connectivity index (χ1v) is 8.63. The predicted octanol–water partition coefficient (Wildman–Crippen LogP) is 2.61. The zero-order valence-corrected chi connectivity index (χ0v) is 14.8. The summed E-state index contributed by atoms with van der Waals surface area (Å²) in [6, 6.07) is 0. The highest BCUT2D eigenvalue weighted by Gasteiger charge is 2.28. The minimum absolute atomic E-state index is 0.0359. The van der Waals surface area contributed by atoms with Crippen LogP contribution in [-0.2, 0) is 31.3 Å². The van der Waals surface area contributed by atoms with Crippen LogP contribution in [0.15, 0.2) is 6.20 Å². The summed E-state index contributed by atoms with van der Waals surface area (Å²) in [7, 11) is 1.94. The van der Waals surface area contributed by atoms with Gasteiger partial charge in [-0.3, -0.25) is 0 Å². The quantitative estimate of drug-likeness (QED) is 0.916. The number of hydrogen-bond acceptors (Lipinski definition) is 6. The topological polar surface area (TPSA) is 66.8 Å². The van der Waals surface area contributed by atoms with E-state index in [4.69, 9.17) is 15.0 Å². The summed E-state index contributed by atoms with van der Waals surface area (Å²) in [5.41, 5.74) is 4.73. The van der Waals surface area contributed by atoms with Gasteiger partial charge in [-0.1, -0.05) is 20.8 Å². The molecule has 1 aliphatic heterocycles. The van der Waals surface area contributed by atoms with Gasteiger partial charge < -0.3 is 10.2 Å². The Hall–Kier alpha value is -2.24. The van der Waals surface area contributed by atoms with Crippen molar-refractivity contribution in [3.63, 3.8) is 0 Å². The maximum absolute atomic E-state index is 4.82. The second kappa shape index (κ2) is 5.40. The van der Waals surface area contributed by atoms with E-state index < -0.39 is 0 Å². The summed E-state index contributed by atoms with van der Waals surface area (Å²) >= 11 is 0. The van der Waals surface area contributed by atoms with E-state index in [-0.39, 0.29) is 5.41 Å². The fourth-order valence-electron chi connectivity index (χ4n) is 3.42. The number of aryl methyl sites for hydroxylation is 1. The van der Waals surface area contributed by atoms with Gasteiger partial charge >= 0.3 is 0 Å². The van der Waals surface area contributed by atoms with Crippen molar-refractivity contribution in [2.75, 3.05) is 17.3 Å². The smallest absolute Gasteiger partial charge is 0.228 e. The predicted molar refractivity (Wildman–Crippen MR) is 94.2 cm³/mol. The Morgan fingerprint density at radius 1 is 1.04 bits per heavy atom. The van der Waals surface area contributed by atoms with Crippen molar-refractivity contribution in [1.82, 2.24) is 19.9 Å². The Morgan fingerprint density at radius 3 is 2.62 bits per heavy atom. The van der Waals surface area contributed by atoms with Crippen LogP contribution < -0.4 is 10.2 Å². The van der Waals surface area contributed by atoms with Gasteiger partial charge in [0.05, 0.1) is 17.9 Å². The Kier molecular flexibility index (Phi) is 3.44. The largest absolute Gasteiger partial charge is 0.373 e. The van der Waals surface area contributed by atoms with Gasteiger partial charge in [0.1, 0.15) is 11.6 Å². The molecule has 3 heterocycles. The first-order chi connectivity index (χ1) is 11.5. The molecule has 0 fully saturated rings. The Morgan fingerprint density at radius 2 is 1.88 bits per heavy atom. The summed E-state index contributed by atoms with van der Waals surface area (Å²) in [5.74, 6) is 2.68. The Balaban J connectivity index is 1.65. The second-order valence-electron chi connectivity index (χ2n) is 7.67. The molecule has 0 aromatic carbocycles. The molecule has 0 saturated heterocycles. The average Bonchev–Trinajstić information content (AvgIpc) is 3.18. The van der Waals surface area contributed by atoms with Gasteiger partial charge in [-0.2, -0.15) is 4.98 Å². The van der Waals surface area contributed by atoms with Crippen molar-refractivity contribution < 1.29 is 0 Å². The van der Waals surface area contributed by atoms with Crippen LogP contribution in [0.2, 0.25) is 0 Å². The number of fused-ring (bicyclic) bond motifs is 2. The third-order valence-electron chi connectivity index (χ3n) is 4.77. The maximum Gasteiger partial charge on any atom is 0.228 e. The van der Waals surface area contributed by atoms with E-state index in [1.165, 1.54) is 23.2 Å². The van der Waals surface area contributed by atoms with Crippen LogP contribution in [0.5, 0.6) is 0 Å². The molecule has 0 spiro atoms. The standard InChI is InChI=1S/C18H24N6/c1-18(2,3)16-20-8-11-9-24(10-14(11)21-16)17-22-13-7-5-6-12(13)15(19-4)23-17/h8H,5-7,9-10H2,1-4H3,(H,19,22,23). The van der Waals surface area contributed by atoms with Crippen LogP contribution in [0.1, 0.15) is 55.5 Å². The molecule has 6 nitrogen and oxygen atoms in total. The van der Waals surface area contributed by atoms with Crippen molar-refractivity contribution in [2.24, 2.45) is 0 Å². The van der Waals surface area contributed by atoms with E-state index in [2.05, 4.69) is 36.0 Å². The molecular formula is C18H24N6. The van der Waals surface area contributed by atoms with Crippen LogP contribution in [0.4, 0.5) is 11.8 Å². The Bertz CT molecular complexity index is 793. The molecular weight excluding hydrogens is 300 g/mol. The normalized spacial score (nSPS) is 16.2. The third kappa shape index (κ3) is 2.50. The van der Waals surface area contributed by atoms with E-state index >= 15 is 0 Å². The van der Waals surface area contributed by atoms with Crippen LogP contribution >= 0.6 is 0 Å². The van der Waals surface area contributed by atoms with Gasteiger partial charge in [0.2, 0.25) is 5.95 Å². The molecule has 1 aliphatic carbocycles. The SMILES string of the molecule is CNc1nc(N2Cc3cnc(C(C)(C)C)nc3C2)nc2c1CCC2. The van der Waals surface area contributed by atoms with E-state index in [1.54, 1.807) is 0 Å². The molecule has 0 amide bonds. The van der Waals surface area contributed by atoms with Gasteiger partial charge in [0.25, 0.3) is 0 Å². The molecule has 0 saturated carbocycles. The highest BCUT2D eigenvalue weighted by Crippen LogP contribution is 2.31. The van der Waals surface area contributed by atoms with Gasteiger partial charge in [-0.25, -0.2) is 15.0 Å². The fourth-order valence-corrected chi connectivity index (χ4v) is 3.42. The van der Waals surface area contributed by atoms with E-state index in [1.807, 2.05) is 13.2 Å². The molecule has 6 heteroatoms. The lowest BCUT2D eigenvalue weighted by Gasteiger charge is -2.18. The summed E-state index contributed by atoms with van der Waals surface area (Å²) in [6.45, 7) is 7.96. The zero-order valence-electron chi connectivity index (χ0n) is 14.8.